The number of halogens is 3. The van der Waals surface area contributed by atoms with Gasteiger partial charge in [-0.2, -0.15) is 13.2 Å². The van der Waals surface area contributed by atoms with Gasteiger partial charge < -0.3 is 15.4 Å². The molecule has 0 spiro atoms. The van der Waals surface area contributed by atoms with Gasteiger partial charge in [0.2, 0.25) is 0 Å². The molecule has 0 radical (unpaired) electrons. The predicted molar refractivity (Wildman–Crippen MR) is 106 cm³/mol. The fourth-order valence-electron chi connectivity index (χ4n) is 3.42. The van der Waals surface area contributed by atoms with E-state index in [9.17, 15) is 18.0 Å². The molecule has 2 heterocycles. The molecule has 0 aromatic carbocycles. The summed E-state index contributed by atoms with van der Waals surface area (Å²) in [5.74, 6) is 0.530. The summed E-state index contributed by atoms with van der Waals surface area (Å²) in [6.45, 7) is 5.43. The topological polar surface area (TPSA) is 76.1 Å². The fourth-order valence-corrected chi connectivity index (χ4v) is 4.45. The SMILES string of the molecule is CC(C)(C)OC(=O)N[C@H]1CCC[C@@H](Nc2ncnc3sc(CC(F)(F)F)cc23)C1. The molecule has 10 heteroatoms. The van der Waals surface area contributed by atoms with Crippen LogP contribution in [-0.2, 0) is 11.2 Å². The van der Waals surface area contributed by atoms with Gasteiger partial charge in [0.15, 0.2) is 0 Å². The van der Waals surface area contributed by atoms with Gasteiger partial charge in [0.05, 0.1) is 11.8 Å². The Morgan fingerprint density at radius 3 is 2.66 bits per heavy atom. The molecule has 2 aromatic heterocycles. The van der Waals surface area contributed by atoms with Gasteiger partial charge >= 0.3 is 12.3 Å². The largest absolute Gasteiger partial charge is 0.444 e. The minimum Gasteiger partial charge on any atom is -0.444 e. The smallest absolute Gasteiger partial charge is 0.407 e. The van der Waals surface area contributed by atoms with Gasteiger partial charge in [0, 0.05) is 17.0 Å². The number of thiophene rings is 1. The molecular weight excluding hydrogens is 405 g/mol. The van der Waals surface area contributed by atoms with Crippen LogP contribution in [-0.4, -0.2) is 39.9 Å². The monoisotopic (exact) mass is 430 g/mol. The molecule has 6 nitrogen and oxygen atoms in total. The molecule has 160 valence electrons. The number of aromatic nitrogens is 2. The van der Waals surface area contributed by atoms with Gasteiger partial charge in [-0.05, 0) is 52.5 Å². The Bertz CT molecular complexity index is 863. The van der Waals surface area contributed by atoms with E-state index < -0.39 is 24.3 Å². The summed E-state index contributed by atoms with van der Waals surface area (Å²) in [6, 6.07) is 1.53. The normalized spacial score (nSPS) is 20.5. The summed E-state index contributed by atoms with van der Waals surface area (Å²) in [4.78, 5) is 21.1. The molecule has 2 atom stereocenters. The van der Waals surface area contributed by atoms with Crippen molar-refractivity contribution in [2.24, 2.45) is 0 Å². The molecule has 3 rings (SSSR count). The average Bonchev–Trinajstić information content (AvgIpc) is 2.94. The molecule has 2 aromatic rings. The zero-order chi connectivity index (χ0) is 21.2. The van der Waals surface area contributed by atoms with E-state index in [0.717, 1.165) is 30.6 Å². The number of carbonyl (C=O) groups excluding carboxylic acids is 1. The number of nitrogens with zero attached hydrogens (tertiary/aromatic N) is 2. The van der Waals surface area contributed by atoms with Crippen molar-refractivity contribution in [3.05, 3.63) is 17.3 Å². The highest BCUT2D eigenvalue weighted by Gasteiger charge is 2.30. The Morgan fingerprint density at radius 2 is 1.97 bits per heavy atom. The lowest BCUT2D eigenvalue weighted by atomic mass is 9.91. The van der Waals surface area contributed by atoms with Crippen molar-refractivity contribution < 1.29 is 22.7 Å². The molecule has 0 saturated heterocycles. The lowest BCUT2D eigenvalue weighted by Gasteiger charge is -2.31. The third kappa shape index (κ3) is 6.45. The summed E-state index contributed by atoms with van der Waals surface area (Å²) < 4.78 is 43.4. The lowest BCUT2D eigenvalue weighted by Crippen LogP contribution is -2.43. The Labute approximate surface area is 171 Å². The summed E-state index contributed by atoms with van der Waals surface area (Å²) in [5, 5.41) is 6.83. The lowest BCUT2D eigenvalue weighted by molar-refractivity contribution is -0.126. The standard InChI is InChI=1S/C19H25F3N4O2S/c1-18(2,3)28-17(27)26-12-6-4-5-11(7-12)25-15-14-8-13(9-19(20,21)22)29-16(14)24-10-23-15/h8,10-12H,4-7,9H2,1-3H3,(H,26,27)(H,23,24,25)/t11-,12+/m1/s1. The van der Waals surface area contributed by atoms with Gasteiger partial charge in [-0.25, -0.2) is 14.8 Å². The Balaban J connectivity index is 1.66. The maximum atomic E-state index is 12.7. The van der Waals surface area contributed by atoms with E-state index in [4.69, 9.17) is 4.74 Å². The number of ether oxygens (including phenoxy) is 1. The molecule has 0 bridgehead atoms. The van der Waals surface area contributed by atoms with Crippen LogP contribution in [0.4, 0.5) is 23.8 Å². The summed E-state index contributed by atoms with van der Waals surface area (Å²) >= 11 is 1.03. The Kier molecular flexibility index (Phi) is 6.21. The number of alkyl carbamates (subject to hydrolysis) is 1. The molecule has 1 saturated carbocycles. The van der Waals surface area contributed by atoms with Gasteiger partial charge in [0.1, 0.15) is 22.6 Å². The van der Waals surface area contributed by atoms with Crippen LogP contribution in [0.15, 0.2) is 12.4 Å². The molecular formula is C19H25F3N4O2S. The van der Waals surface area contributed by atoms with E-state index in [0.29, 0.717) is 22.5 Å². The van der Waals surface area contributed by atoms with Crippen LogP contribution in [0.25, 0.3) is 10.2 Å². The Hall–Kier alpha value is -2.10. The van der Waals surface area contributed by atoms with E-state index in [2.05, 4.69) is 20.6 Å². The minimum absolute atomic E-state index is 0.0308. The van der Waals surface area contributed by atoms with Crippen LogP contribution in [0.1, 0.15) is 51.3 Å². The molecule has 2 N–H and O–H groups in total. The van der Waals surface area contributed by atoms with Crippen molar-refractivity contribution in [2.75, 3.05) is 5.32 Å². The molecule has 0 unspecified atom stereocenters. The van der Waals surface area contributed by atoms with Crippen molar-refractivity contribution in [3.63, 3.8) is 0 Å². The van der Waals surface area contributed by atoms with Gasteiger partial charge in [-0.15, -0.1) is 11.3 Å². The van der Waals surface area contributed by atoms with Crippen molar-refractivity contribution in [1.29, 1.82) is 0 Å². The predicted octanol–water partition coefficient (Wildman–Crippen LogP) is 5.04. The third-order valence-electron chi connectivity index (χ3n) is 4.49. The quantitative estimate of drug-likeness (QED) is 0.710. The first-order valence-corrected chi connectivity index (χ1v) is 10.4. The van der Waals surface area contributed by atoms with Crippen molar-refractivity contribution in [3.8, 4) is 0 Å². The second-order valence-electron chi connectivity index (χ2n) is 8.30. The highest BCUT2D eigenvalue weighted by atomic mass is 32.1. The minimum atomic E-state index is -4.26. The first-order chi connectivity index (χ1) is 13.5. The van der Waals surface area contributed by atoms with Crippen molar-refractivity contribution in [2.45, 2.75) is 76.7 Å². The maximum Gasteiger partial charge on any atom is 0.407 e. The molecule has 29 heavy (non-hydrogen) atoms. The number of rotatable bonds is 4. The second-order valence-corrected chi connectivity index (χ2v) is 9.41. The van der Waals surface area contributed by atoms with Crippen molar-refractivity contribution >= 4 is 33.5 Å². The van der Waals surface area contributed by atoms with Crippen molar-refractivity contribution in [1.82, 2.24) is 15.3 Å². The Morgan fingerprint density at radius 1 is 1.24 bits per heavy atom. The second kappa shape index (κ2) is 8.33. The average molecular weight is 430 g/mol. The van der Waals surface area contributed by atoms with Crippen LogP contribution >= 0.6 is 11.3 Å². The number of hydrogen-bond acceptors (Lipinski definition) is 6. The van der Waals surface area contributed by atoms with Crippen LogP contribution < -0.4 is 10.6 Å². The number of alkyl halides is 3. The van der Waals surface area contributed by atoms with Gasteiger partial charge in [-0.3, -0.25) is 0 Å². The van der Waals surface area contributed by atoms with E-state index in [1.54, 1.807) is 0 Å². The highest BCUT2D eigenvalue weighted by molar-refractivity contribution is 7.18. The summed E-state index contributed by atoms with van der Waals surface area (Å²) in [7, 11) is 0. The zero-order valence-corrected chi connectivity index (χ0v) is 17.4. The fraction of sp³-hybridized carbons (Fsp3) is 0.632. The van der Waals surface area contributed by atoms with Crippen LogP contribution in [0.2, 0.25) is 0 Å². The number of carbonyl (C=O) groups is 1. The number of fused-ring (bicyclic) bond motifs is 1. The van der Waals surface area contributed by atoms with Gasteiger partial charge in [0.25, 0.3) is 0 Å². The number of amides is 1. The third-order valence-corrected chi connectivity index (χ3v) is 5.53. The maximum absolute atomic E-state index is 12.7. The summed E-state index contributed by atoms with van der Waals surface area (Å²) in [5.41, 5.74) is -0.559. The van der Waals surface area contributed by atoms with Crippen LogP contribution in [0, 0.1) is 0 Å². The highest BCUT2D eigenvalue weighted by Crippen LogP contribution is 2.33. The molecule has 1 amide bonds. The summed E-state index contributed by atoms with van der Waals surface area (Å²) in [6.07, 6.45) is -0.980. The molecule has 1 aliphatic rings. The molecule has 1 aliphatic carbocycles. The van der Waals surface area contributed by atoms with Crippen LogP contribution in [0.5, 0.6) is 0 Å². The van der Waals surface area contributed by atoms with Gasteiger partial charge in [-0.1, -0.05) is 0 Å². The van der Waals surface area contributed by atoms with Crippen LogP contribution in [0.3, 0.4) is 0 Å². The first kappa shape index (κ1) is 21.6. The van der Waals surface area contributed by atoms with E-state index in [1.807, 2.05) is 20.8 Å². The number of hydrogen-bond donors (Lipinski definition) is 2. The number of anilines is 1. The molecule has 1 fully saturated rings. The van der Waals surface area contributed by atoms with E-state index in [-0.39, 0.29) is 17.0 Å². The zero-order valence-electron chi connectivity index (χ0n) is 16.6. The first-order valence-electron chi connectivity index (χ1n) is 9.55. The van der Waals surface area contributed by atoms with E-state index >= 15 is 0 Å². The number of nitrogens with one attached hydrogen (secondary N) is 2. The molecule has 0 aliphatic heterocycles. The van der Waals surface area contributed by atoms with E-state index in [1.165, 1.54) is 12.4 Å².